The number of halogens is 2. The molecule has 2 atom stereocenters. The second-order valence-corrected chi connectivity index (χ2v) is 12.0. The summed E-state index contributed by atoms with van der Waals surface area (Å²) in [7, 11) is 0. The first-order chi connectivity index (χ1) is 16.4. The van der Waals surface area contributed by atoms with E-state index in [1.54, 1.807) is 12.4 Å². The number of amides is 1. The number of carbonyl (C=O) groups excluding carboxylic acids is 1. The Morgan fingerprint density at radius 2 is 2.00 bits per heavy atom. The molecule has 6 nitrogen and oxygen atoms in total. The van der Waals surface area contributed by atoms with Crippen LogP contribution in [0, 0.1) is 11.2 Å². The molecule has 1 amide bonds. The van der Waals surface area contributed by atoms with Crippen LogP contribution in [0.5, 0.6) is 0 Å². The molecule has 0 radical (unpaired) electrons. The minimum atomic E-state index is -0.336. The molecule has 3 N–H and O–H groups in total. The molecule has 0 bridgehead atoms. The highest BCUT2D eigenvalue weighted by atomic mass is 35.5. The van der Waals surface area contributed by atoms with Gasteiger partial charge in [0.05, 0.1) is 17.9 Å². The molecule has 194 valence electrons. The number of rotatable bonds is 10. The van der Waals surface area contributed by atoms with E-state index in [0.29, 0.717) is 17.3 Å². The first-order valence-corrected chi connectivity index (χ1v) is 13.0. The minimum absolute atomic E-state index is 0.0863. The van der Waals surface area contributed by atoms with E-state index in [-0.39, 0.29) is 34.8 Å². The minimum Gasteiger partial charge on any atom is -0.328 e. The van der Waals surface area contributed by atoms with Gasteiger partial charge >= 0.3 is 0 Å². The standard InChI is InChI=1S/C27H41ClFN5O/c1-7-8-23(32-20-10-9-18-11-19(29)12-22(28)21(18)13-20)25(35)33-24-14-34(17-31-24)27(5,6)16-30-15-26(2,3)4/h11-12,14,17,20,23,30,32H,7-10,13,15-16H2,1-6H3,(H,33,35)/t20-,23?/m0/s1. The maximum absolute atomic E-state index is 13.7. The van der Waals surface area contributed by atoms with Gasteiger partial charge in [0.25, 0.3) is 0 Å². The lowest BCUT2D eigenvalue weighted by atomic mass is 9.87. The summed E-state index contributed by atoms with van der Waals surface area (Å²) < 4.78 is 15.7. The number of aromatic nitrogens is 2. The number of benzene rings is 1. The van der Waals surface area contributed by atoms with Gasteiger partial charge in [-0.05, 0) is 68.2 Å². The molecular formula is C27H41ClFN5O. The van der Waals surface area contributed by atoms with E-state index in [4.69, 9.17) is 11.6 Å². The van der Waals surface area contributed by atoms with Crippen LogP contribution in [-0.2, 0) is 23.2 Å². The average molecular weight is 506 g/mol. The number of hydrogen-bond donors (Lipinski definition) is 3. The highest BCUT2D eigenvalue weighted by molar-refractivity contribution is 6.31. The summed E-state index contributed by atoms with van der Waals surface area (Å²) in [4.78, 5) is 17.6. The number of hydrogen-bond acceptors (Lipinski definition) is 4. The van der Waals surface area contributed by atoms with Gasteiger partial charge in [0.2, 0.25) is 5.91 Å². The topological polar surface area (TPSA) is 71.0 Å². The molecular weight excluding hydrogens is 465 g/mol. The van der Waals surface area contributed by atoms with Gasteiger partial charge in [0, 0.05) is 30.4 Å². The van der Waals surface area contributed by atoms with Crippen molar-refractivity contribution in [1.82, 2.24) is 20.2 Å². The summed E-state index contributed by atoms with van der Waals surface area (Å²) in [6, 6.07) is 2.72. The Morgan fingerprint density at radius 1 is 1.26 bits per heavy atom. The zero-order valence-electron chi connectivity index (χ0n) is 22.0. The first kappa shape index (κ1) is 27.6. The van der Waals surface area contributed by atoms with Crippen LogP contribution in [0.3, 0.4) is 0 Å². The van der Waals surface area contributed by atoms with Crippen molar-refractivity contribution < 1.29 is 9.18 Å². The normalized spacial score (nSPS) is 17.2. The Labute approximate surface area is 214 Å². The summed E-state index contributed by atoms with van der Waals surface area (Å²) in [5.41, 5.74) is 1.98. The van der Waals surface area contributed by atoms with Crippen LogP contribution in [0.25, 0.3) is 0 Å². The third kappa shape index (κ3) is 7.76. The number of anilines is 1. The Hall–Kier alpha value is -1.96. The lowest BCUT2D eigenvalue weighted by Crippen LogP contribution is -2.47. The maximum atomic E-state index is 13.7. The molecule has 1 aromatic carbocycles. The van der Waals surface area contributed by atoms with E-state index in [1.807, 2.05) is 10.8 Å². The zero-order valence-corrected chi connectivity index (χ0v) is 22.7. The largest absolute Gasteiger partial charge is 0.328 e. The Kier molecular flexibility index (Phi) is 9.00. The van der Waals surface area contributed by atoms with Crippen molar-refractivity contribution in [3.63, 3.8) is 0 Å². The van der Waals surface area contributed by atoms with Crippen molar-refractivity contribution in [3.8, 4) is 0 Å². The van der Waals surface area contributed by atoms with Gasteiger partial charge in [0.1, 0.15) is 5.82 Å². The summed E-state index contributed by atoms with van der Waals surface area (Å²) in [5.74, 6) is 0.169. The van der Waals surface area contributed by atoms with E-state index in [2.05, 4.69) is 62.5 Å². The average Bonchev–Trinajstić information content (AvgIpc) is 3.22. The third-order valence-electron chi connectivity index (χ3n) is 6.54. The van der Waals surface area contributed by atoms with Crippen LogP contribution >= 0.6 is 11.6 Å². The summed E-state index contributed by atoms with van der Waals surface area (Å²) >= 11 is 6.31. The van der Waals surface area contributed by atoms with Gasteiger partial charge < -0.3 is 20.5 Å². The van der Waals surface area contributed by atoms with Crippen molar-refractivity contribution in [3.05, 3.63) is 46.6 Å². The second kappa shape index (κ2) is 11.4. The fourth-order valence-corrected chi connectivity index (χ4v) is 4.86. The Balaban J connectivity index is 1.61. The first-order valence-electron chi connectivity index (χ1n) is 12.7. The van der Waals surface area contributed by atoms with Crippen LogP contribution < -0.4 is 16.0 Å². The Morgan fingerprint density at radius 3 is 2.69 bits per heavy atom. The van der Waals surface area contributed by atoms with E-state index in [0.717, 1.165) is 49.9 Å². The fraction of sp³-hybridized carbons (Fsp3) is 0.630. The summed E-state index contributed by atoms with van der Waals surface area (Å²) in [5, 5.41) is 10.5. The number of carbonyl (C=O) groups is 1. The lowest BCUT2D eigenvalue weighted by Gasteiger charge is -2.30. The number of aryl methyl sites for hydroxylation is 1. The molecule has 0 saturated carbocycles. The van der Waals surface area contributed by atoms with Gasteiger partial charge in [-0.3, -0.25) is 4.79 Å². The van der Waals surface area contributed by atoms with Crippen molar-refractivity contribution in [2.24, 2.45) is 5.41 Å². The SMILES string of the molecule is CCCC(N[C@H]1CCc2cc(F)cc(Cl)c2C1)C(=O)Nc1cn(C(C)(C)CNCC(C)(C)C)cn1. The van der Waals surface area contributed by atoms with Gasteiger partial charge in [-0.25, -0.2) is 9.37 Å². The molecule has 0 fully saturated rings. The number of nitrogens with one attached hydrogen (secondary N) is 3. The molecule has 1 aliphatic rings. The van der Waals surface area contributed by atoms with E-state index in [1.165, 1.54) is 6.07 Å². The molecule has 35 heavy (non-hydrogen) atoms. The van der Waals surface area contributed by atoms with Crippen LogP contribution in [0.1, 0.15) is 71.9 Å². The second-order valence-electron chi connectivity index (χ2n) is 11.6. The number of fused-ring (bicyclic) bond motifs is 1. The Bertz CT molecular complexity index is 1010. The fourth-order valence-electron chi connectivity index (χ4n) is 4.56. The number of imidazole rings is 1. The molecule has 0 saturated heterocycles. The smallest absolute Gasteiger partial charge is 0.242 e. The van der Waals surface area contributed by atoms with Gasteiger partial charge in [-0.15, -0.1) is 0 Å². The predicted molar refractivity (Wildman–Crippen MR) is 142 cm³/mol. The molecule has 1 aliphatic carbocycles. The molecule has 0 spiro atoms. The lowest BCUT2D eigenvalue weighted by molar-refractivity contribution is -0.118. The molecule has 8 heteroatoms. The monoisotopic (exact) mass is 505 g/mol. The highest BCUT2D eigenvalue weighted by Crippen LogP contribution is 2.29. The van der Waals surface area contributed by atoms with Crippen molar-refractivity contribution in [2.45, 2.75) is 91.3 Å². The molecule has 2 aromatic rings. The van der Waals surface area contributed by atoms with Crippen LogP contribution in [-0.4, -0.2) is 40.6 Å². The van der Waals surface area contributed by atoms with Crippen molar-refractivity contribution >= 4 is 23.3 Å². The summed E-state index contributed by atoms with van der Waals surface area (Å²) in [6.07, 6.45) is 7.53. The summed E-state index contributed by atoms with van der Waals surface area (Å²) in [6.45, 7) is 14.7. The van der Waals surface area contributed by atoms with E-state index < -0.39 is 0 Å². The van der Waals surface area contributed by atoms with Gasteiger partial charge in [0.15, 0.2) is 5.82 Å². The van der Waals surface area contributed by atoms with Gasteiger partial charge in [-0.1, -0.05) is 45.7 Å². The molecule has 1 heterocycles. The molecule has 1 aromatic heterocycles. The van der Waals surface area contributed by atoms with Crippen LogP contribution in [0.4, 0.5) is 10.2 Å². The maximum Gasteiger partial charge on any atom is 0.242 e. The van der Waals surface area contributed by atoms with E-state index >= 15 is 0 Å². The highest BCUT2D eigenvalue weighted by Gasteiger charge is 2.27. The van der Waals surface area contributed by atoms with E-state index in [9.17, 15) is 9.18 Å². The third-order valence-corrected chi connectivity index (χ3v) is 6.88. The van der Waals surface area contributed by atoms with Crippen LogP contribution in [0.2, 0.25) is 5.02 Å². The van der Waals surface area contributed by atoms with Crippen molar-refractivity contribution in [1.29, 1.82) is 0 Å². The molecule has 1 unspecified atom stereocenters. The molecule has 3 rings (SSSR count). The number of nitrogens with zero attached hydrogens (tertiary/aromatic N) is 2. The quantitative estimate of drug-likeness (QED) is 0.409. The molecule has 0 aliphatic heterocycles. The van der Waals surface area contributed by atoms with Crippen molar-refractivity contribution in [2.75, 3.05) is 18.4 Å². The predicted octanol–water partition coefficient (Wildman–Crippen LogP) is 5.30. The van der Waals surface area contributed by atoms with Gasteiger partial charge in [-0.2, -0.15) is 0 Å². The zero-order chi connectivity index (χ0) is 25.8. The van der Waals surface area contributed by atoms with Crippen LogP contribution in [0.15, 0.2) is 24.7 Å².